The Hall–Kier alpha value is -1.11. The Bertz CT molecular complexity index is 358. The minimum absolute atomic E-state index is 0.0194. The third-order valence-electron chi connectivity index (χ3n) is 2.80. The van der Waals surface area contributed by atoms with Crippen LogP contribution in [0, 0.1) is 0 Å². The van der Waals surface area contributed by atoms with E-state index in [-0.39, 0.29) is 18.1 Å². The summed E-state index contributed by atoms with van der Waals surface area (Å²) in [7, 11) is 0. The first kappa shape index (κ1) is 14.0. The van der Waals surface area contributed by atoms with Gasteiger partial charge in [0.25, 0.3) is 0 Å². The summed E-state index contributed by atoms with van der Waals surface area (Å²) in [5.41, 5.74) is 5.28. The van der Waals surface area contributed by atoms with Gasteiger partial charge in [-0.3, -0.25) is 0 Å². The molecule has 0 aliphatic heterocycles. The van der Waals surface area contributed by atoms with Crippen LogP contribution >= 0.6 is 0 Å². The molecule has 0 bridgehead atoms. The predicted molar refractivity (Wildman–Crippen MR) is 55.1 cm³/mol. The number of alkyl halides is 3. The van der Waals surface area contributed by atoms with Crippen molar-refractivity contribution in [3.63, 3.8) is 0 Å². The molecule has 0 saturated heterocycles. The minimum Gasteiger partial charge on any atom is -0.339 e. The van der Waals surface area contributed by atoms with Crippen molar-refractivity contribution in [2.45, 2.75) is 51.2 Å². The second-order valence-corrected chi connectivity index (χ2v) is 3.99. The second-order valence-electron chi connectivity index (χ2n) is 3.99. The molecule has 4 nitrogen and oxygen atoms in total. The van der Waals surface area contributed by atoms with Gasteiger partial charge in [0.05, 0.1) is 12.0 Å². The van der Waals surface area contributed by atoms with E-state index in [0.717, 1.165) is 0 Å². The summed E-state index contributed by atoms with van der Waals surface area (Å²) >= 11 is 0. The Kier molecular flexibility index (Phi) is 4.13. The van der Waals surface area contributed by atoms with Gasteiger partial charge >= 0.3 is 6.18 Å². The number of aromatic nitrogens is 2. The standard InChI is InChI=1S/C10H16F3N3O/c1-3-9(14,4-2)8-15-7(17-16-8)5-6-10(11,12)13/h3-6,14H2,1-2H3. The van der Waals surface area contributed by atoms with Crippen molar-refractivity contribution in [2.24, 2.45) is 5.73 Å². The topological polar surface area (TPSA) is 64.9 Å². The first-order valence-electron chi connectivity index (χ1n) is 5.49. The average Bonchev–Trinajstić information content (AvgIpc) is 2.73. The van der Waals surface area contributed by atoms with Crippen LogP contribution in [0.3, 0.4) is 0 Å². The molecule has 0 aliphatic carbocycles. The quantitative estimate of drug-likeness (QED) is 0.873. The highest BCUT2D eigenvalue weighted by Crippen LogP contribution is 2.25. The molecule has 0 aliphatic rings. The Labute approximate surface area is 97.4 Å². The van der Waals surface area contributed by atoms with E-state index < -0.39 is 18.1 Å². The third kappa shape index (κ3) is 3.69. The summed E-state index contributed by atoms with van der Waals surface area (Å²) in [5, 5.41) is 3.65. The highest BCUT2D eigenvalue weighted by atomic mass is 19.4. The number of nitrogens with two attached hydrogens (primary N) is 1. The summed E-state index contributed by atoms with van der Waals surface area (Å²) in [6, 6.07) is 0. The van der Waals surface area contributed by atoms with E-state index in [1.807, 2.05) is 13.8 Å². The molecule has 0 amide bonds. The number of hydrogen-bond donors (Lipinski definition) is 1. The van der Waals surface area contributed by atoms with E-state index in [1.54, 1.807) is 0 Å². The van der Waals surface area contributed by atoms with E-state index in [0.29, 0.717) is 12.8 Å². The van der Waals surface area contributed by atoms with E-state index >= 15 is 0 Å². The molecule has 0 aromatic carbocycles. The summed E-state index contributed by atoms with van der Waals surface area (Å²) in [6.45, 7) is 3.74. The van der Waals surface area contributed by atoms with E-state index in [2.05, 4.69) is 10.1 Å². The van der Waals surface area contributed by atoms with Crippen LogP contribution in [0.1, 0.15) is 44.8 Å². The van der Waals surface area contributed by atoms with E-state index in [1.165, 1.54) is 0 Å². The molecule has 0 saturated carbocycles. The summed E-state index contributed by atoms with van der Waals surface area (Å²) in [4.78, 5) is 3.92. The van der Waals surface area contributed by atoms with Crippen molar-refractivity contribution in [3.05, 3.63) is 11.7 Å². The number of hydrogen-bond acceptors (Lipinski definition) is 4. The molecule has 0 spiro atoms. The normalized spacial score (nSPS) is 13.1. The van der Waals surface area contributed by atoms with Gasteiger partial charge < -0.3 is 10.3 Å². The number of halogens is 3. The van der Waals surface area contributed by atoms with Crippen LogP contribution in [-0.2, 0) is 12.0 Å². The van der Waals surface area contributed by atoms with Gasteiger partial charge in [-0.15, -0.1) is 0 Å². The summed E-state index contributed by atoms with van der Waals surface area (Å²) in [6.07, 6.45) is -4.29. The van der Waals surface area contributed by atoms with Crippen LogP contribution in [0.5, 0.6) is 0 Å². The Morgan fingerprint density at radius 3 is 2.29 bits per heavy atom. The highest BCUT2D eigenvalue weighted by Gasteiger charge is 2.31. The van der Waals surface area contributed by atoms with Crippen molar-refractivity contribution in [1.29, 1.82) is 0 Å². The van der Waals surface area contributed by atoms with Gasteiger partial charge in [0.15, 0.2) is 5.82 Å². The molecular weight excluding hydrogens is 235 g/mol. The molecule has 1 aromatic rings. The lowest BCUT2D eigenvalue weighted by Gasteiger charge is -2.21. The van der Waals surface area contributed by atoms with Crippen molar-refractivity contribution >= 4 is 0 Å². The van der Waals surface area contributed by atoms with Crippen LogP contribution in [0.4, 0.5) is 13.2 Å². The van der Waals surface area contributed by atoms with Crippen LogP contribution < -0.4 is 5.73 Å². The zero-order valence-corrected chi connectivity index (χ0v) is 9.84. The maximum Gasteiger partial charge on any atom is 0.389 e. The first-order chi connectivity index (χ1) is 7.80. The fourth-order valence-corrected chi connectivity index (χ4v) is 1.37. The van der Waals surface area contributed by atoms with Gasteiger partial charge in [-0.1, -0.05) is 19.0 Å². The monoisotopic (exact) mass is 251 g/mol. The van der Waals surface area contributed by atoms with Crippen molar-refractivity contribution in [1.82, 2.24) is 10.1 Å². The van der Waals surface area contributed by atoms with Crippen molar-refractivity contribution in [2.75, 3.05) is 0 Å². The fraction of sp³-hybridized carbons (Fsp3) is 0.800. The largest absolute Gasteiger partial charge is 0.389 e. The molecule has 98 valence electrons. The molecule has 0 radical (unpaired) electrons. The second kappa shape index (κ2) is 5.03. The molecule has 1 aromatic heterocycles. The zero-order valence-electron chi connectivity index (χ0n) is 9.84. The van der Waals surface area contributed by atoms with Gasteiger partial charge in [-0.05, 0) is 12.8 Å². The van der Waals surface area contributed by atoms with Gasteiger partial charge in [0.2, 0.25) is 5.89 Å². The number of nitrogens with zero attached hydrogens (tertiary/aromatic N) is 2. The maximum atomic E-state index is 12.0. The molecule has 7 heteroatoms. The Morgan fingerprint density at radius 2 is 1.82 bits per heavy atom. The van der Waals surface area contributed by atoms with Crippen LogP contribution in [-0.4, -0.2) is 16.3 Å². The fourth-order valence-electron chi connectivity index (χ4n) is 1.37. The van der Waals surface area contributed by atoms with Crippen LogP contribution in [0.15, 0.2) is 4.52 Å². The summed E-state index contributed by atoms with van der Waals surface area (Å²) in [5.74, 6) is 0.258. The van der Waals surface area contributed by atoms with Gasteiger partial charge in [-0.25, -0.2) is 0 Å². The lowest BCUT2D eigenvalue weighted by atomic mass is 9.93. The molecular formula is C10H16F3N3O. The van der Waals surface area contributed by atoms with E-state index in [4.69, 9.17) is 10.3 Å². The molecule has 0 unspecified atom stereocenters. The predicted octanol–water partition coefficient (Wildman–Crippen LogP) is 2.54. The SMILES string of the molecule is CCC(N)(CC)c1noc(CCC(F)(F)F)n1. The Balaban J connectivity index is 2.71. The number of aryl methyl sites for hydroxylation is 1. The zero-order chi connectivity index (χ0) is 13.1. The van der Waals surface area contributed by atoms with Crippen LogP contribution in [0.2, 0.25) is 0 Å². The third-order valence-corrected chi connectivity index (χ3v) is 2.80. The first-order valence-corrected chi connectivity index (χ1v) is 5.49. The smallest absolute Gasteiger partial charge is 0.339 e. The van der Waals surface area contributed by atoms with Crippen LogP contribution in [0.25, 0.3) is 0 Å². The summed E-state index contributed by atoms with van der Waals surface area (Å²) < 4.78 is 40.8. The van der Waals surface area contributed by atoms with Crippen molar-refractivity contribution < 1.29 is 17.7 Å². The van der Waals surface area contributed by atoms with Gasteiger partial charge in [0, 0.05) is 6.42 Å². The van der Waals surface area contributed by atoms with Gasteiger partial charge in [0.1, 0.15) is 0 Å². The highest BCUT2D eigenvalue weighted by molar-refractivity contribution is 5.03. The van der Waals surface area contributed by atoms with Gasteiger partial charge in [-0.2, -0.15) is 18.2 Å². The number of rotatable bonds is 5. The lowest BCUT2D eigenvalue weighted by Crippen LogP contribution is -2.36. The molecule has 1 rings (SSSR count). The molecule has 0 atom stereocenters. The average molecular weight is 251 g/mol. The maximum absolute atomic E-state index is 12.0. The molecule has 1 heterocycles. The minimum atomic E-state index is -4.22. The molecule has 2 N–H and O–H groups in total. The molecule has 0 fully saturated rings. The molecule has 17 heavy (non-hydrogen) atoms. The van der Waals surface area contributed by atoms with E-state index in [9.17, 15) is 13.2 Å². The Morgan fingerprint density at radius 1 is 1.24 bits per heavy atom. The lowest BCUT2D eigenvalue weighted by molar-refractivity contribution is -0.134. The van der Waals surface area contributed by atoms with Crippen molar-refractivity contribution in [3.8, 4) is 0 Å².